The summed E-state index contributed by atoms with van der Waals surface area (Å²) in [5, 5.41) is 2.48. The molecular weight excluding hydrogens is 264 g/mol. The van der Waals surface area contributed by atoms with Crippen LogP contribution in [0.2, 0.25) is 0 Å². The molecule has 1 amide bonds. The molecule has 6 heteroatoms. The van der Waals surface area contributed by atoms with E-state index < -0.39 is 10.0 Å². The van der Waals surface area contributed by atoms with Gasteiger partial charge in [0.05, 0.1) is 4.90 Å². The number of carbonyl (C=O) groups excluding carboxylic acids is 1. The van der Waals surface area contributed by atoms with Gasteiger partial charge in [0.15, 0.2) is 0 Å². The third-order valence-electron chi connectivity index (χ3n) is 2.99. The zero-order valence-corrected chi connectivity index (χ0v) is 12.4. The van der Waals surface area contributed by atoms with Crippen molar-refractivity contribution in [1.29, 1.82) is 0 Å². The molecule has 0 fully saturated rings. The van der Waals surface area contributed by atoms with Crippen LogP contribution in [0.25, 0.3) is 0 Å². The van der Waals surface area contributed by atoms with Crippen molar-refractivity contribution in [3.8, 4) is 0 Å². The second kappa shape index (κ2) is 6.16. The average molecular weight is 284 g/mol. The number of hydrogen-bond donors (Lipinski definition) is 2. The van der Waals surface area contributed by atoms with Crippen molar-refractivity contribution >= 4 is 15.9 Å². The predicted octanol–water partition coefficient (Wildman–Crippen LogP) is 1.37. The summed E-state index contributed by atoms with van der Waals surface area (Å²) in [4.78, 5) is 11.5. The minimum Gasteiger partial charge on any atom is -0.355 e. The summed E-state index contributed by atoms with van der Waals surface area (Å²) in [6, 6.07) is 5.70. The van der Waals surface area contributed by atoms with Crippen LogP contribution < -0.4 is 10.0 Å². The van der Waals surface area contributed by atoms with Gasteiger partial charge in [-0.2, -0.15) is 0 Å². The summed E-state index contributed by atoms with van der Waals surface area (Å²) in [7, 11) is -2.01. The first-order valence-electron chi connectivity index (χ1n) is 6.12. The van der Waals surface area contributed by atoms with Crippen LogP contribution >= 0.6 is 0 Å². The lowest BCUT2D eigenvalue weighted by molar-refractivity contribution is 0.0963. The molecule has 1 rings (SSSR count). The van der Waals surface area contributed by atoms with Gasteiger partial charge in [0, 0.05) is 18.7 Å². The van der Waals surface area contributed by atoms with E-state index in [0.29, 0.717) is 5.56 Å². The molecule has 5 nitrogen and oxygen atoms in total. The van der Waals surface area contributed by atoms with E-state index in [1.54, 1.807) is 0 Å². The largest absolute Gasteiger partial charge is 0.355 e. The van der Waals surface area contributed by atoms with Gasteiger partial charge in [-0.3, -0.25) is 4.79 Å². The standard InChI is InChI=1S/C13H20N2O3S/c1-9(2)10(3)15-19(17,18)12-7-5-11(6-8-12)13(16)14-4/h5-10,15H,1-4H3,(H,14,16). The molecule has 1 aromatic carbocycles. The Labute approximate surface area is 114 Å². The zero-order valence-electron chi connectivity index (χ0n) is 11.6. The maximum Gasteiger partial charge on any atom is 0.251 e. The van der Waals surface area contributed by atoms with Gasteiger partial charge < -0.3 is 5.32 Å². The first-order valence-corrected chi connectivity index (χ1v) is 7.60. The Morgan fingerprint density at radius 3 is 2.05 bits per heavy atom. The van der Waals surface area contributed by atoms with Crippen molar-refractivity contribution in [2.45, 2.75) is 31.7 Å². The van der Waals surface area contributed by atoms with E-state index >= 15 is 0 Å². The number of carbonyl (C=O) groups is 1. The molecule has 0 aliphatic heterocycles. The topological polar surface area (TPSA) is 75.3 Å². The molecule has 0 radical (unpaired) electrons. The third-order valence-corrected chi connectivity index (χ3v) is 4.57. The predicted molar refractivity (Wildman–Crippen MR) is 74.5 cm³/mol. The summed E-state index contributed by atoms with van der Waals surface area (Å²) in [5.74, 6) is -0.0348. The van der Waals surface area contributed by atoms with Crippen LogP contribution in [0, 0.1) is 5.92 Å². The van der Waals surface area contributed by atoms with Gasteiger partial charge in [0.2, 0.25) is 10.0 Å². The Morgan fingerprint density at radius 2 is 1.63 bits per heavy atom. The van der Waals surface area contributed by atoms with E-state index in [0.717, 1.165) is 0 Å². The molecule has 0 heterocycles. The minimum atomic E-state index is -3.54. The van der Waals surface area contributed by atoms with E-state index in [1.165, 1.54) is 31.3 Å². The molecule has 0 spiro atoms. The van der Waals surface area contributed by atoms with Crippen LogP contribution in [0.4, 0.5) is 0 Å². The maximum atomic E-state index is 12.1. The lowest BCUT2D eigenvalue weighted by Crippen LogP contribution is -2.36. The van der Waals surface area contributed by atoms with Crippen molar-refractivity contribution in [3.63, 3.8) is 0 Å². The molecule has 0 bridgehead atoms. The Balaban J connectivity index is 2.94. The summed E-state index contributed by atoms with van der Waals surface area (Å²) in [6.45, 7) is 5.71. The van der Waals surface area contributed by atoms with Gasteiger partial charge in [-0.25, -0.2) is 13.1 Å². The first-order chi connectivity index (χ1) is 8.77. The minimum absolute atomic E-state index is 0.149. The molecule has 0 saturated heterocycles. The number of amides is 1. The molecule has 0 aromatic heterocycles. The van der Waals surface area contributed by atoms with Crippen LogP contribution in [0.15, 0.2) is 29.2 Å². The smallest absolute Gasteiger partial charge is 0.251 e. The zero-order chi connectivity index (χ0) is 14.6. The van der Waals surface area contributed by atoms with Crippen molar-refractivity contribution < 1.29 is 13.2 Å². The fourth-order valence-electron chi connectivity index (χ4n) is 1.38. The molecule has 106 valence electrons. The van der Waals surface area contributed by atoms with Crippen LogP contribution in [-0.4, -0.2) is 27.4 Å². The molecule has 2 N–H and O–H groups in total. The highest BCUT2D eigenvalue weighted by Crippen LogP contribution is 2.12. The summed E-state index contributed by atoms with van der Waals surface area (Å²) in [5.41, 5.74) is 0.429. The summed E-state index contributed by atoms with van der Waals surface area (Å²) < 4.78 is 26.8. The summed E-state index contributed by atoms with van der Waals surface area (Å²) in [6.07, 6.45) is 0. The van der Waals surface area contributed by atoms with Gasteiger partial charge in [0.1, 0.15) is 0 Å². The quantitative estimate of drug-likeness (QED) is 0.857. The van der Waals surface area contributed by atoms with Crippen LogP contribution in [0.1, 0.15) is 31.1 Å². The number of nitrogens with one attached hydrogen (secondary N) is 2. The molecule has 0 aliphatic carbocycles. The summed E-state index contributed by atoms with van der Waals surface area (Å²) >= 11 is 0. The first kappa shape index (κ1) is 15.7. The highest BCUT2D eigenvalue weighted by molar-refractivity contribution is 7.89. The highest BCUT2D eigenvalue weighted by Gasteiger charge is 2.19. The fourth-order valence-corrected chi connectivity index (χ4v) is 2.77. The molecule has 0 aliphatic rings. The van der Waals surface area contributed by atoms with Crippen molar-refractivity contribution in [1.82, 2.24) is 10.0 Å². The lowest BCUT2D eigenvalue weighted by Gasteiger charge is -2.17. The van der Waals surface area contributed by atoms with E-state index in [-0.39, 0.29) is 22.8 Å². The number of benzene rings is 1. The van der Waals surface area contributed by atoms with Gasteiger partial charge in [0.25, 0.3) is 5.91 Å². The Morgan fingerprint density at radius 1 is 1.11 bits per heavy atom. The SMILES string of the molecule is CNC(=O)c1ccc(S(=O)(=O)NC(C)C(C)C)cc1. The highest BCUT2D eigenvalue weighted by atomic mass is 32.2. The van der Waals surface area contributed by atoms with Gasteiger partial charge in [-0.15, -0.1) is 0 Å². The molecule has 1 unspecified atom stereocenters. The lowest BCUT2D eigenvalue weighted by atomic mass is 10.1. The number of rotatable bonds is 5. The second-order valence-corrected chi connectivity index (χ2v) is 6.47. The number of hydrogen-bond acceptors (Lipinski definition) is 3. The third kappa shape index (κ3) is 4.04. The Kier molecular flexibility index (Phi) is 5.08. The van der Waals surface area contributed by atoms with Gasteiger partial charge in [-0.05, 0) is 37.1 Å². The fraction of sp³-hybridized carbons (Fsp3) is 0.462. The van der Waals surface area contributed by atoms with Crippen molar-refractivity contribution in [3.05, 3.63) is 29.8 Å². The monoisotopic (exact) mass is 284 g/mol. The van der Waals surface area contributed by atoms with Gasteiger partial charge >= 0.3 is 0 Å². The molecular formula is C13H20N2O3S. The van der Waals surface area contributed by atoms with E-state index in [4.69, 9.17) is 0 Å². The molecule has 1 atom stereocenters. The Bertz CT molecular complexity index is 536. The average Bonchev–Trinajstić information content (AvgIpc) is 2.37. The normalized spacial score (nSPS) is 13.3. The van der Waals surface area contributed by atoms with E-state index in [9.17, 15) is 13.2 Å². The van der Waals surface area contributed by atoms with Crippen LogP contribution in [0.3, 0.4) is 0 Å². The van der Waals surface area contributed by atoms with E-state index in [1.807, 2.05) is 20.8 Å². The van der Waals surface area contributed by atoms with Crippen LogP contribution in [-0.2, 0) is 10.0 Å². The van der Waals surface area contributed by atoms with Gasteiger partial charge in [-0.1, -0.05) is 13.8 Å². The molecule has 1 aromatic rings. The Hall–Kier alpha value is -1.40. The van der Waals surface area contributed by atoms with Crippen molar-refractivity contribution in [2.24, 2.45) is 5.92 Å². The number of sulfonamides is 1. The van der Waals surface area contributed by atoms with E-state index in [2.05, 4.69) is 10.0 Å². The second-order valence-electron chi connectivity index (χ2n) is 4.76. The van der Waals surface area contributed by atoms with Crippen LogP contribution in [0.5, 0.6) is 0 Å². The molecule has 0 saturated carbocycles. The maximum absolute atomic E-state index is 12.1. The molecule has 19 heavy (non-hydrogen) atoms. The van der Waals surface area contributed by atoms with Crippen molar-refractivity contribution in [2.75, 3.05) is 7.05 Å².